The van der Waals surface area contributed by atoms with Crippen LogP contribution in [0.1, 0.15) is 30.0 Å². The molecule has 3 rings (SSSR count). The highest BCUT2D eigenvalue weighted by Gasteiger charge is 2.38. The number of carbonyl (C=O) groups is 1. The fourth-order valence-corrected chi connectivity index (χ4v) is 3.55. The Morgan fingerprint density at radius 3 is 2.96 bits per heavy atom. The van der Waals surface area contributed by atoms with Gasteiger partial charge in [-0.1, -0.05) is 17.7 Å². The molecule has 1 N–H and O–H groups in total. The van der Waals surface area contributed by atoms with Crippen LogP contribution in [0.4, 0.5) is 0 Å². The SMILES string of the molecule is COc1ccc(Cl)cc1C(c1cccnc1)N1CCCC1C(=O)O. The van der Waals surface area contributed by atoms with E-state index in [0.29, 0.717) is 23.7 Å². The number of ether oxygens (including phenoxy) is 1. The Kier molecular flexibility index (Phi) is 5.02. The lowest BCUT2D eigenvalue weighted by Crippen LogP contribution is -2.39. The van der Waals surface area contributed by atoms with Gasteiger partial charge in [-0.2, -0.15) is 0 Å². The monoisotopic (exact) mass is 346 g/mol. The third-order valence-corrected chi connectivity index (χ3v) is 4.63. The molecule has 126 valence electrons. The molecular weight excluding hydrogens is 328 g/mol. The van der Waals surface area contributed by atoms with Gasteiger partial charge in [-0.05, 0) is 42.7 Å². The Labute approximate surface area is 145 Å². The molecule has 6 heteroatoms. The number of rotatable bonds is 5. The summed E-state index contributed by atoms with van der Waals surface area (Å²) in [6.07, 6.45) is 4.95. The number of hydrogen-bond acceptors (Lipinski definition) is 4. The summed E-state index contributed by atoms with van der Waals surface area (Å²) < 4.78 is 5.50. The Bertz CT molecular complexity index is 723. The van der Waals surface area contributed by atoms with Gasteiger partial charge in [0.1, 0.15) is 11.8 Å². The fourth-order valence-electron chi connectivity index (χ4n) is 3.37. The van der Waals surface area contributed by atoms with E-state index < -0.39 is 12.0 Å². The van der Waals surface area contributed by atoms with E-state index in [0.717, 1.165) is 17.5 Å². The lowest BCUT2D eigenvalue weighted by Gasteiger charge is -2.32. The summed E-state index contributed by atoms with van der Waals surface area (Å²) in [6.45, 7) is 0.701. The molecule has 0 radical (unpaired) electrons. The number of carboxylic acid groups (broad SMARTS) is 1. The van der Waals surface area contributed by atoms with Crippen LogP contribution in [0.2, 0.25) is 5.02 Å². The van der Waals surface area contributed by atoms with E-state index in [9.17, 15) is 9.90 Å². The highest BCUT2D eigenvalue weighted by atomic mass is 35.5. The highest BCUT2D eigenvalue weighted by molar-refractivity contribution is 6.30. The molecule has 1 aliphatic rings. The molecule has 0 saturated carbocycles. The van der Waals surface area contributed by atoms with Crippen molar-refractivity contribution in [1.82, 2.24) is 9.88 Å². The van der Waals surface area contributed by atoms with Gasteiger partial charge in [0.15, 0.2) is 0 Å². The van der Waals surface area contributed by atoms with Gasteiger partial charge in [0, 0.05) is 29.5 Å². The number of aromatic nitrogens is 1. The van der Waals surface area contributed by atoms with Crippen LogP contribution in [-0.4, -0.2) is 40.7 Å². The first kappa shape index (κ1) is 16.7. The minimum Gasteiger partial charge on any atom is -0.496 e. The molecule has 0 aliphatic carbocycles. The van der Waals surface area contributed by atoms with Gasteiger partial charge in [-0.25, -0.2) is 0 Å². The van der Waals surface area contributed by atoms with Gasteiger partial charge in [0.05, 0.1) is 13.2 Å². The van der Waals surface area contributed by atoms with Crippen molar-refractivity contribution in [3.8, 4) is 5.75 Å². The average Bonchev–Trinajstić information content (AvgIpc) is 3.06. The zero-order chi connectivity index (χ0) is 17.1. The maximum atomic E-state index is 11.7. The number of likely N-dealkylation sites (tertiary alicyclic amines) is 1. The zero-order valence-electron chi connectivity index (χ0n) is 13.4. The smallest absolute Gasteiger partial charge is 0.320 e. The first-order chi connectivity index (χ1) is 11.6. The van der Waals surface area contributed by atoms with Gasteiger partial charge in [0.25, 0.3) is 0 Å². The lowest BCUT2D eigenvalue weighted by atomic mass is 9.96. The average molecular weight is 347 g/mol. The second kappa shape index (κ2) is 7.20. The molecule has 1 saturated heterocycles. The van der Waals surface area contributed by atoms with E-state index in [1.807, 2.05) is 29.2 Å². The van der Waals surface area contributed by atoms with Gasteiger partial charge in [-0.15, -0.1) is 0 Å². The Morgan fingerprint density at radius 1 is 1.46 bits per heavy atom. The summed E-state index contributed by atoms with van der Waals surface area (Å²) in [6, 6.07) is 8.43. The Morgan fingerprint density at radius 2 is 2.29 bits per heavy atom. The summed E-state index contributed by atoms with van der Waals surface area (Å²) >= 11 is 6.20. The standard InChI is InChI=1S/C18H19ClN2O3/c1-24-16-7-6-13(19)10-14(16)17(12-4-2-8-20-11-12)21-9-3-5-15(21)18(22)23/h2,4,6-8,10-11,15,17H,3,5,9H2,1H3,(H,22,23). The number of pyridine rings is 1. The van der Waals surface area contributed by atoms with Crippen LogP contribution < -0.4 is 4.74 Å². The summed E-state index contributed by atoms with van der Waals surface area (Å²) in [5.41, 5.74) is 1.78. The molecule has 1 aromatic heterocycles. The van der Waals surface area contributed by atoms with E-state index in [-0.39, 0.29) is 6.04 Å². The van der Waals surface area contributed by atoms with Crippen LogP contribution >= 0.6 is 11.6 Å². The maximum Gasteiger partial charge on any atom is 0.320 e. The topological polar surface area (TPSA) is 62.7 Å². The molecule has 2 heterocycles. The minimum atomic E-state index is -0.803. The lowest BCUT2D eigenvalue weighted by molar-refractivity contribution is -0.142. The van der Waals surface area contributed by atoms with Crippen molar-refractivity contribution in [3.63, 3.8) is 0 Å². The van der Waals surface area contributed by atoms with Crippen molar-refractivity contribution in [2.75, 3.05) is 13.7 Å². The molecule has 2 atom stereocenters. The van der Waals surface area contributed by atoms with Crippen LogP contribution in [0.15, 0.2) is 42.7 Å². The molecule has 1 aliphatic heterocycles. The van der Waals surface area contributed by atoms with Crippen LogP contribution in [0, 0.1) is 0 Å². The van der Waals surface area contributed by atoms with E-state index in [1.165, 1.54) is 0 Å². The molecule has 0 spiro atoms. The zero-order valence-corrected chi connectivity index (χ0v) is 14.1. The van der Waals surface area contributed by atoms with Crippen LogP contribution in [0.5, 0.6) is 5.75 Å². The van der Waals surface area contributed by atoms with Crippen molar-refractivity contribution in [2.24, 2.45) is 0 Å². The van der Waals surface area contributed by atoms with Crippen molar-refractivity contribution in [1.29, 1.82) is 0 Å². The van der Waals surface area contributed by atoms with Crippen LogP contribution in [0.25, 0.3) is 0 Å². The summed E-state index contributed by atoms with van der Waals surface area (Å²) in [5, 5.41) is 10.2. The number of methoxy groups -OCH3 is 1. The van der Waals surface area contributed by atoms with Gasteiger partial charge >= 0.3 is 5.97 Å². The fraction of sp³-hybridized carbons (Fsp3) is 0.333. The second-order valence-corrected chi connectivity index (χ2v) is 6.25. The molecule has 0 bridgehead atoms. The highest BCUT2D eigenvalue weighted by Crippen LogP contribution is 2.39. The molecule has 2 unspecified atom stereocenters. The molecule has 24 heavy (non-hydrogen) atoms. The first-order valence-corrected chi connectivity index (χ1v) is 8.21. The molecular formula is C18H19ClN2O3. The molecule has 0 amide bonds. The number of aliphatic carboxylic acids is 1. The van der Waals surface area contributed by atoms with Crippen LogP contribution in [0.3, 0.4) is 0 Å². The number of halogens is 1. The first-order valence-electron chi connectivity index (χ1n) is 7.83. The number of nitrogens with zero attached hydrogens (tertiary/aromatic N) is 2. The van der Waals surface area contributed by atoms with E-state index >= 15 is 0 Å². The Balaban J connectivity index is 2.13. The second-order valence-electron chi connectivity index (χ2n) is 5.81. The largest absolute Gasteiger partial charge is 0.496 e. The minimum absolute atomic E-state index is 0.268. The van der Waals surface area contributed by atoms with E-state index in [1.54, 1.807) is 25.6 Å². The quantitative estimate of drug-likeness (QED) is 0.899. The molecule has 2 aromatic rings. The third-order valence-electron chi connectivity index (χ3n) is 4.40. The van der Waals surface area contributed by atoms with Crippen molar-refractivity contribution in [2.45, 2.75) is 24.9 Å². The number of benzene rings is 1. The van der Waals surface area contributed by atoms with Gasteiger partial charge in [-0.3, -0.25) is 14.7 Å². The molecule has 1 fully saturated rings. The third kappa shape index (κ3) is 3.23. The predicted molar refractivity (Wildman–Crippen MR) is 91.4 cm³/mol. The van der Waals surface area contributed by atoms with Crippen molar-refractivity contribution < 1.29 is 14.6 Å². The van der Waals surface area contributed by atoms with Gasteiger partial charge < -0.3 is 9.84 Å². The predicted octanol–water partition coefficient (Wildman–Crippen LogP) is 3.38. The van der Waals surface area contributed by atoms with Gasteiger partial charge in [0.2, 0.25) is 0 Å². The molecule has 5 nitrogen and oxygen atoms in total. The van der Waals surface area contributed by atoms with E-state index in [4.69, 9.17) is 16.3 Å². The summed E-state index contributed by atoms with van der Waals surface area (Å²) in [7, 11) is 1.60. The molecule has 1 aromatic carbocycles. The Hall–Kier alpha value is -2.11. The normalized spacial score (nSPS) is 19.2. The summed E-state index contributed by atoms with van der Waals surface area (Å²) in [4.78, 5) is 17.9. The van der Waals surface area contributed by atoms with E-state index in [2.05, 4.69) is 4.98 Å². The summed E-state index contributed by atoms with van der Waals surface area (Å²) in [5.74, 6) is -0.119. The van der Waals surface area contributed by atoms with Crippen molar-refractivity contribution in [3.05, 3.63) is 58.9 Å². The number of hydrogen-bond donors (Lipinski definition) is 1. The number of carboxylic acids is 1. The van der Waals surface area contributed by atoms with Crippen LogP contribution in [-0.2, 0) is 4.79 Å². The maximum absolute atomic E-state index is 11.7. The van der Waals surface area contributed by atoms with Crippen molar-refractivity contribution >= 4 is 17.6 Å².